The maximum Gasteiger partial charge on any atom is 0.220 e. The van der Waals surface area contributed by atoms with E-state index < -0.39 is 21.9 Å². The molecule has 1 unspecified atom stereocenters. The third-order valence-electron chi connectivity index (χ3n) is 1.63. The van der Waals surface area contributed by atoms with Crippen molar-refractivity contribution in [2.24, 2.45) is 5.73 Å². The first kappa shape index (κ1) is 14.7. The van der Waals surface area contributed by atoms with Gasteiger partial charge in [0.1, 0.15) is 5.75 Å². The summed E-state index contributed by atoms with van der Waals surface area (Å²) < 4.78 is 28.7. The van der Waals surface area contributed by atoms with Crippen LogP contribution < -0.4 is 5.73 Å². The van der Waals surface area contributed by atoms with Crippen LogP contribution in [-0.4, -0.2) is 62.0 Å². The van der Waals surface area contributed by atoms with E-state index in [1.165, 1.54) is 14.2 Å². The Balaban J connectivity index is 4.31. The second-order valence-corrected chi connectivity index (χ2v) is 5.71. The molecular weight excluding hydrogens is 240 g/mol. The van der Waals surface area contributed by atoms with Gasteiger partial charge in [0, 0.05) is 20.7 Å². The van der Waals surface area contributed by atoms with Crippen LogP contribution in [0.4, 0.5) is 0 Å². The van der Waals surface area contributed by atoms with Gasteiger partial charge in [-0.25, -0.2) is 12.7 Å². The van der Waals surface area contributed by atoms with Gasteiger partial charge in [0.15, 0.2) is 0 Å². The third kappa shape index (κ3) is 6.00. The fourth-order valence-electron chi connectivity index (χ4n) is 0.945. The monoisotopic (exact) mass is 256 g/mol. The number of thiocarbonyl (C=S) groups is 1. The molecule has 0 spiro atoms. The molecule has 3 N–H and O–H groups in total. The highest BCUT2D eigenvalue weighted by Crippen LogP contribution is 2.00. The molecule has 0 bridgehead atoms. The Bertz CT molecular complexity index is 304. The van der Waals surface area contributed by atoms with Gasteiger partial charge in [-0.05, 0) is 0 Å². The lowest BCUT2D eigenvalue weighted by Gasteiger charge is -2.19. The van der Waals surface area contributed by atoms with E-state index in [4.69, 9.17) is 5.73 Å². The smallest absolute Gasteiger partial charge is 0.220 e. The molecule has 0 rings (SSSR count). The Kier molecular flexibility index (Phi) is 6.22. The number of nitrogens with two attached hydrogens (primary N) is 1. The van der Waals surface area contributed by atoms with E-state index in [1.807, 2.05) is 0 Å². The Morgan fingerprint density at radius 1 is 1.67 bits per heavy atom. The topological polar surface area (TPSA) is 92.9 Å². The summed E-state index contributed by atoms with van der Waals surface area (Å²) in [6, 6.07) is 0. The van der Waals surface area contributed by atoms with Crippen LogP contribution in [0.1, 0.15) is 0 Å². The summed E-state index contributed by atoms with van der Waals surface area (Å²) in [6.45, 7) is 0.0335. The number of sulfonamides is 1. The molecular formula is C7H16N2O4S2. The average Bonchev–Trinajstić information content (AvgIpc) is 2.01. The van der Waals surface area contributed by atoms with Gasteiger partial charge in [-0.1, -0.05) is 12.2 Å². The van der Waals surface area contributed by atoms with Gasteiger partial charge in [0.2, 0.25) is 10.0 Å². The van der Waals surface area contributed by atoms with Crippen molar-refractivity contribution >= 4 is 27.2 Å². The molecule has 0 aromatic heterocycles. The van der Waals surface area contributed by atoms with Crippen molar-refractivity contribution in [3.8, 4) is 0 Å². The first-order valence-corrected chi connectivity index (χ1v) is 6.20. The van der Waals surface area contributed by atoms with E-state index in [1.54, 1.807) is 0 Å². The van der Waals surface area contributed by atoms with Crippen molar-refractivity contribution in [3.63, 3.8) is 0 Å². The highest BCUT2D eigenvalue weighted by Gasteiger charge is 2.21. The summed E-state index contributed by atoms with van der Waals surface area (Å²) in [5.74, 6) is -0.390. The van der Waals surface area contributed by atoms with Gasteiger partial charge in [-0.2, -0.15) is 0 Å². The van der Waals surface area contributed by atoms with Gasteiger partial charge >= 0.3 is 0 Å². The van der Waals surface area contributed by atoms with Crippen molar-refractivity contribution in [1.29, 1.82) is 0 Å². The van der Waals surface area contributed by atoms with Crippen LogP contribution >= 0.6 is 12.2 Å². The predicted molar refractivity (Wildman–Crippen MR) is 61.1 cm³/mol. The number of aliphatic hydroxyl groups is 1. The van der Waals surface area contributed by atoms with Crippen LogP contribution in [0.15, 0.2) is 0 Å². The number of hydrogen-bond donors (Lipinski definition) is 2. The van der Waals surface area contributed by atoms with Crippen molar-refractivity contribution in [1.82, 2.24) is 4.31 Å². The minimum atomic E-state index is -3.52. The molecule has 0 heterocycles. The highest BCUT2D eigenvalue weighted by molar-refractivity contribution is 7.92. The number of hydrogen-bond acceptors (Lipinski definition) is 5. The van der Waals surface area contributed by atoms with Gasteiger partial charge < -0.3 is 15.6 Å². The van der Waals surface area contributed by atoms with Crippen LogP contribution in [0.5, 0.6) is 0 Å². The van der Waals surface area contributed by atoms with E-state index in [0.29, 0.717) is 0 Å². The molecule has 15 heavy (non-hydrogen) atoms. The van der Waals surface area contributed by atoms with Gasteiger partial charge in [0.25, 0.3) is 0 Å². The molecule has 0 aliphatic heterocycles. The van der Waals surface area contributed by atoms with E-state index in [0.717, 1.165) is 4.31 Å². The molecule has 0 saturated carbocycles. The average molecular weight is 256 g/mol. The van der Waals surface area contributed by atoms with E-state index in [9.17, 15) is 13.5 Å². The number of rotatable bonds is 7. The predicted octanol–water partition coefficient (Wildman–Crippen LogP) is -1.46. The molecule has 0 aliphatic carbocycles. The minimum Gasteiger partial charge on any atom is -0.392 e. The lowest BCUT2D eigenvalue weighted by Crippen LogP contribution is -2.39. The fraction of sp³-hybridized carbons (Fsp3) is 0.857. The van der Waals surface area contributed by atoms with Crippen molar-refractivity contribution in [2.75, 3.05) is 33.1 Å². The Labute approximate surface area is 95.1 Å². The quantitative estimate of drug-likeness (QED) is 0.541. The van der Waals surface area contributed by atoms with E-state index in [2.05, 4.69) is 17.0 Å². The van der Waals surface area contributed by atoms with Crippen LogP contribution in [-0.2, 0) is 14.8 Å². The van der Waals surface area contributed by atoms with E-state index in [-0.39, 0.29) is 18.1 Å². The second-order valence-electron chi connectivity index (χ2n) is 3.11. The molecule has 0 aromatic carbocycles. The zero-order chi connectivity index (χ0) is 12.1. The molecule has 0 fully saturated rings. The number of methoxy groups -OCH3 is 1. The lowest BCUT2D eigenvalue weighted by molar-refractivity contribution is 0.0554. The molecule has 8 heteroatoms. The fourth-order valence-corrected chi connectivity index (χ4v) is 2.37. The standard InChI is InChI=1S/C7H16N2O4S2/c1-9(3-6(10)4-13-2)15(11,12)5-7(8)14/h6,10H,3-5H2,1-2H3,(H2,8,14). The molecule has 0 radical (unpaired) electrons. The van der Waals surface area contributed by atoms with Crippen molar-refractivity contribution in [3.05, 3.63) is 0 Å². The summed E-state index contributed by atoms with van der Waals surface area (Å²) in [6.07, 6.45) is -0.860. The van der Waals surface area contributed by atoms with Crippen molar-refractivity contribution < 1.29 is 18.3 Å². The Morgan fingerprint density at radius 3 is 2.60 bits per heavy atom. The Hall–Kier alpha value is -0.280. The zero-order valence-electron chi connectivity index (χ0n) is 8.71. The van der Waals surface area contributed by atoms with Crippen LogP contribution in [0.3, 0.4) is 0 Å². The van der Waals surface area contributed by atoms with Gasteiger partial charge in [-0.3, -0.25) is 0 Å². The number of likely N-dealkylation sites (N-methyl/N-ethyl adjacent to an activating group) is 1. The van der Waals surface area contributed by atoms with Crippen LogP contribution in [0.2, 0.25) is 0 Å². The maximum atomic E-state index is 11.5. The molecule has 6 nitrogen and oxygen atoms in total. The molecule has 1 atom stereocenters. The van der Waals surface area contributed by atoms with Crippen molar-refractivity contribution in [2.45, 2.75) is 6.10 Å². The minimum absolute atomic E-state index is 0.0429. The summed E-state index contributed by atoms with van der Waals surface area (Å²) >= 11 is 4.51. The lowest BCUT2D eigenvalue weighted by atomic mass is 10.4. The largest absolute Gasteiger partial charge is 0.392 e. The number of aliphatic hydroxyl groups excluding tert-OH is 1. The number of nitrogens with zero attached hydrogens (tertiary/aromatic N) is 1. The van der Waals surface area contributed by atoms with E-state index >= 15 is 0 Å². The summed E-state index contributed by atoms with van der Waals surface area (Å²) in [5, 5.41) is 9.32. The number of ether oxygens (including phenoxy) is 1. The van der Waals surface area contributed by atoms with Gasteiger partial charge in [-0.15, -0.1) is 0 Å². The molecule has 0 aliphatic rings. The first-order chi connectivity index (χ1) is 6.79. The maximum absolute atomic E-state index is 11.5. The SMILES string of the molecule is COCC(O)CN(C)S(=O)(=O)CC(N)=S. The highest BCUT2D eigenvalue weighted by atomic mass is 32.2. The summed E-state index contributed by atoms with van der Waals surface area (Å²) in [4.78, 5) is -0.0944. The first-order valence-electron chi connectivity index (χ1n) is 4.19. The Morgan fingerprint density at radius 2 is 2.20 bits per heavy atom. The summed E-state index contributed by atoms with van der Waals surface area (Å²) in [7, 11) is -0.744. The summed E-state index contributed by atoms with van der Waals surface area (Å²) in [5.41, 5.74) is 5.14. The third-order valence-corrected chi connectivity index (χ3v) is 3.73. The van der Waals surface area contributed by atoms with Crippen LogP contribution in [0.25, 0.3) is 0 Å². The van der Waals surface area contributed by atoms with Crippen LogP contribution in [0, 0.1) is 0 Å². The normalized spacial score (nSPS) is 14.1. The molecule has 0 aromatic rings. The zero-order valence-corrected chi connectivity index (χ0v) is 10.3. The van der Waals surface area contributed by atoms with Gasteiger partial charge in [0.05, 0.1) is 17.7 Å². The molecule has 0 amide bonds. The second kappa shape index (κ2) is 6.33. The molecule has 90 valence electrons. The molecule has 0 saturated heterocycles.